The predicted octanol–water partition coefficient (Wildman–Crippen LogP) is 0.339. The molecule has 8 heteroatoms. The van der Waals surface area contributed by atoms with E-state index in [4.69, 9.17) is 0 Å². The van der Waals surface area contributed by atoms with Crippen LogP contribution in [-0.2, 0) is 9.59 Å². The number of carbonyl (C=O) groups is 3. The van der Waals surface area contributed by atoms with Crippen LogP contribution in [0.4, 0.5) is 4.79 Å². The predicted molar refractivity (Wildman–Crippen MR) is 84.9 cm³/mol. The minimum absolute atomic E-state index is 0. The second kappa shape index (κ2) is 7.28. The first-order valence-corrected chi connectivity index (χ1v) is 7.51. The van der Waals surface area contributed by atoms with Crippen LogP contribution in [0.2, 0.25) is 0 Å². The third-order valence-corrected chi connectivity index (χ3v) is 4.25. The van der Waals surface area contributed by atoms with Crippen LogP contribution in [0.5, 0.6) is 0 Å². The van der Waals surface area contributed by atoms with E-state index >= 15 is 0 Å². The molecule has 2 aliphatic rings. The molecule has 2 fully saturated rings. The lowest BCUT2D eigenvalue weighted by Crippen LogP contribution is -2.52. The van der Waals surface area contributed by atoms with Gasteiger partial charge in [0, 0.05) is 19.1 Å². The van der Waals surface area contributed by atoms with Crippen molar-refractivity contribution < 1.29 is 14.4 Å². The van der Waals surface area contributed by atoms with Crippen LogP contribution in [0.25, 0.3) is 0 Å². The number of halogens is 1. The largest absolute Gasteiger partial charge is 0.337 e. The average Bonchev–Trinajstić information content (AvgIpc) is 3.00. The zero-order valence-corrected chi connectivity index (χ0v) is 14.2. The Morgan fingerprint density at radius 1 is 1.41 bits per heavy atom. The molecule has 0 aromatic rings. The van der Waals surface area contributed by atoms with Crippen LogP contribution in [0.15, 0.2) is 0 Å². The fourth-order valence-electron chi connectivity index (χ4n) is 2.85. The Kier molecular flexibility index (Phi) is 6.19. The first-order chi connectivity index (χ1) is 9.87. The first kappa shape index (κ1) is 18.7. The standard InChI is InChI=1S/C14H24N4O3.ClH/c1-4-7-17(10-5-6-15-8-10)11(19)9-18-13(21)16-12(20)14(18,2)3;/h10,15H,4-9H2,1-3H3,(H,16,20,21);1H. The summed E-state index contributed by atoms with van der Waals surface area (Å²) in [6, 6.07) is -0.304. The number of hydrogen-bond donors (Lipinski definition) is 2. The Morgan fingerprint density at radius 2 is 2.09 bits per heavy atom. The number of hydrogen-bond acceptors (Lipinski definition) is 4. The van der Waals surface area contributed by atoms with E-state index in [0.29, 0.717) is 6.54 Å². The van der Waals surface area contributed by atoms with Crippen molar-refractivity contribution in [1.82, 2.24) is 20.4 Å². The molecule has 7 nitrogen and oxygen atoms in total. The minimum Gasteiger partial charge on any atom is -0.337 e. The number of urea groups is 1. The van der Waals surface area contributed by atoms with Gasteiger partial charge in [0.15, 0.2) is 0 Å². The summed E-state index contributed by atoms with van der Waals surface area (Å²) in [4.78, 5) is 39.3. The molecule has 0 aromatic heterocycles. The van der Waals surface area contributed by atoms with E-state index in [1.54, 1.807) is 13.8 Å². The topological polar surface area (TPSA) is 81.8 Å². The quantitative estimate of drug-likeness (QED) is 0.711. The van der Waals surface area contributed by atoms with Crippen LogP contribution in [0.3, 0.4) is 0 Å². The summed E-state index contributed by atoms with van der Waals surface area (Å²) in [7, 11) is 0. The lowest BCUT2D eigenvalue weighted by atomic mass is 10.0. The molecule has 0 bridgehead atoms. The molecule has 2 saturated heterocycles. The molecule has 4 amide bonds. The van der Waals surface area contributed by atoms with Crippen molar-refractivity contribution in [3.05, 3.63) is 0 Å². The third kappa shape index (κ3) is 3.52. The highest BCUT2D eigenvalue weighted by Gasteiger charge is 2.46. The minimum atomic E-state index is -0.974. The fraction of sp³-hybridized carbons (Fsp3) is 0.786. The highest BCUT2D eigenvalue weighted by atomic mass is 35.5. The average molecular weight is 333 g/mol. The van der Waals surface area contributed by atoms with Crippen LogP contribution >= 0.6 is 12.4 Å². The monoisotopic (exact) mass is 332 g/mol. The second-order valence-electron chi connectivity index (χ2n) is 6.14. The summed E-state index contributed by atoms with van der Waals surface area (Å²) in [6.45, 7) is 7.66. The van der Waals surface area contributed by atoms with Gasteiger partial charge in [-0.05, 0) is 33.2 Å². The van der Waals surface area contributed by atoms with Crippen molar-refractivity contribution in [2.24, 2.45) is 0 Å². The molecule has 2 aliphatic heterocycles. The zero-order valence-electron chi connectivity index (χ0n) is 13.3. The Bertz CT molecular complexity index is 449. The molecule has 1 unspecified atom stereocenters. The Morgan fingerprint density at radius 3 is 2.55 bits per heavy atom. The second-order valence-corrected chi connectivity index (χ2v) is 6.14. The SMILES string of the molecule is CCCN(C(=O)CN1C(=O)NC(=O)C1(C)C)C1CCNC1.Cl. The van der Waals surface area contributed by atoms with Crippen molar-refractivity contribution in [2.75, 3.05) is 26.2 Å². The number of amides is 4. The Balaban J connectivity index is 0.00000242. The molecular formula is C14H25ClN4O3. The number of nitrogens with zero attached hydrogens (tertiary/aromatic N) is 2. The molecule has 1 atom stereocenters. The summed E-state index contributed by atoms with van der Waals surface area (Å²) in [6.07, 6.45) is 1.80. The summed E-state index contributed by atoms with van der Waals surface area (Å²) in [5.74, 6) is -0.451. The van der Waals surface area contributed by atoms with Gasteiger partial charge in [-0.1, -0.05) is 6.92 Å². The number of imide groups is 1. The van der Waals surface area contributed by atoms with Gasteiger partial charge in [-0.15, -0.1) is 12.4 Å². The van der Waals surface area contributed by atoms with Gasteiger partial charge in [-0.25, -0.2) is 4.79 Å². The highest BCUT2D eigenvalue weighted by molar-refractivity contribution is 6.07. The zero-order chi connectivity index (χ0) is 15.6. The van der Waals surface area contributed by atoms with Crippen molar-refractivity contribution >= 4 is 30.3 Å². The normalized spacial score (nSPS) is 23.2. The van der Waals surface area contributed by atoms with Crippen LogP contribution in [-0.4, -0.2) is 65.4 Å². The maximum atomic E-state index is 12.6. The molecule has 0 radical (unpaired) electrons. The molecule has 22 heavy (non-hydrogen) atoms. The Labute approximate surface area is 137 Å². The van der Waals surface area contributed by atoms with E-state index in [1.807, 2.05) is 11.8 Å². The van der Waals surface area contributed by atoms with E-state index < -0.39 is 11.6 Å². The van der Waals surface area contributed by atoms with Gasteiger partial charge >= 0.3 is 6.03 Å². The van der Waals surface area contributed by atoms with Gasteiger partial charge in [-0.3, -0.25) is 14.9 Å². The lowest BCUT2D eigenvalue weighted by molar-refractivity contribution is -0.135. The number of carbonyl (C=O) groups excluding carboxylic acids is 3. The van der Waals surface area contributed by atoms with Crippen LogP contribution in [0.1, 0.15) is 33.6 Å². The molecule has 0 aliphatic carbocycles. The molecule has 0 spiro atoms. The van der Waals surface area contributed by atoms with Gasteiger partial charge in [0.25, 0.3) is 5.91 Å². The smallest absolute Gasteiger partial charge is 0.325 e. The molecular weight excluding hydrogens is 308 g/mol. The Hall–Kier alpha value is -1.34. The molecule has 2 heterocycles. The third-order valence-electron chi connectivity index (χ3n) is 4.25. The van der Waals surface area contributed by atoms with E-state index in [0.717, 1.165) is 25.9 Å². The maximum absolute atomic E-state index is 12.6. The summed E-state index contributed by atoms with van der Waals surface area (Å²) in [5, 5.41) is 5.52. The van der Waals surface area contributed by atoms with Gasteiger partial charge in [0.2, 0.25) is 5.91 Å². The molecule has 2 N–H and O–H groups in total. The van der Waals surface area contributed by atoms with Crippen LogP contribution in [0, 0.1) is 0 Å². The van der Waals surface area contributed by atoms with Gasteiger partial charge in [-0.2, -0.15) is 0 Å². The highest BCUT2D eigenvalue weighted by Crippen LogP contribution is 2.21. The van der Waals surface area contributed by atoms with Crippen molar-refractivity contribution in [1.29, 1.82) is 0 Å². The number of rotatable bonds is 5. The summed E-state index contributed by atoms with van der Waals surface area (Å²) >= 11 is 0. The summed E-state index contributed by atoms with van der Waals surface area (Å²) < 4.78 is 0. The van der Waals surface area contributed by atoms with E-state index in [2.05, 4.69) is 10.6 Å². The maximum Gasteiger partial charge on any atom is 0.325 e. The van der Waals surface area contributed by atoms with Crippen molar-refractivity contribution in [3.63, 3.8) is 0 Å². The van der Waals surface area contributed by atoms with Gasteiger partial charge in [0.05, 0.1) is 0 Å². The lowest BCUT2D eigenvalue weighted by Gasteiger charge is -2.33. The van der Waals surface area contributed by atoms with Gasteiger partial charge in [0.1, 0.15) is 12.1 Å². The first-order valence-electron chi connectivity index (χ1n) is 7.51. The fourth-order valence-corrected chi connectivity index (χ4v) is 2.85. The number of nitrogens with one attached hydrogen (secondary N) is 2. The van der Waals surface area contributed by atoms with E-state index in [1.165, 1.54) is 4.90 Å². The molecule has 0 aromatic carbocycles. The van der Waals surface area contributed by atoms with E-state index in [9.17, 15) is 14.4 Å². The summed E-state index contributed by atoms with van der Waals surface area (Å²) in [5.41, 5.74) is -0.974. The van der Waals surface area contributed by atoms with Crippen molar-refractivity contribution in [2.45, 2.75) is 45.2 Å². The van der Waals surface area contributed by atoms with Crippen molar-refractivity contribution in [3.8, 4) is 0 Å². The van der Waals surface area contributed by atoms with E-state index in [-0.39, 0.29) is 36.8 Å². The van der Waals surface area contributed by atoms with Gasteiger partial charge < -0.3 is 15.1 Å². The molecule has 2 rings (SSSR count). The molecule has 126 valence electrons. The van der Waals surface area contributed by atoms with Crippen LogP contribution < -0.4 is 10.6 Å². The molecule has 0 saturated carbocycles.